The molecule has 0 unspecified atom stereocenters. The second kappa shape index (κ2) is 7.16. The van der Waals surface area contributed by atoms with Crippen LogP contribution in [0, 0.1) is 5.92 Å². The van der Waals surface area contributed by atoms with Crippen molar-refractivity contribution in [1.82, 2.24) is 9.96 Å². The van der Waals surface area contributed by atoms with Gasteiger partial charge in [-0.2, -0.15) is 5.06 Å². The molecule has 2 amide bonds. The summed E-state index contributed by atoms with van der Waals surface area (Å²) in [7, 11) is 0. The van der Waals surface area contributed by atoms with Crippen LogP contribution in [0.15, 0.2) is 30.3 Å². The maximum absolute atomic E-state index is 12.7. The number of carbonyl (C=O) groups is 2. The number of nitrogens with zero attached hydrogens (tertiary/aromatic N) is 2. The van der Waals surface area contributed by atoms with Gasteiger partial charge in [0.15, 0.2) is 5.78 Å². The predicted molar refractivity (Wildman–Crippen MR) is 93.6 cm³/mol. The van der Waals surface area contributed by atoms with Crippen molar-refractivity contribution < 1.29 is 14.4 Å². The SMILES string of the molecule is O=C(CC1CCCCC1)[C@@H]1C[C@@H]2CN1C(=O)N2OCc1ccccc1. The van der Waals surface area contributed by atoms with Gasteiger partial charge in [0.05, 0.1) is 12.1 Å². The number of hydrogen-bond donors (Lipinski definition) is 0. The lowest BCUT2D eigenvalue weighted by atomic mass is 9.84. The number of rotatable bonds is 6. The fourth-order valence-electron chi connectivity index (χ4n) is 4.47. The third-order valence-corrected chi connectivity index (χ3v) is 5.84. The molecule has 2 saturated heterocycles. The summed E-state index contributed by atoms with van der Waals surface area (Å²) < 4.78 is 0. The van der Waals surface area contributed by atoms with E-state index in [0.717, 1.165) is 5.56 Å². The molecule has 2 bridgehead atoms. The highest BCUT2D eigenvalue weighted by molar-refractivity contribution is 5.91. The van der Waals surface area contributed by atoms with Crippen LogP contribution in [-0.2, 0) is 16.2 Å². The molecule has 3 aliphatic rings. The van der Waals surface area contributed by atoms with Gasteiger partial charge < -0.3 is 4.90 Å². The van der Waals surface area contributed by atoms with Crippen LogP contribution in [0.4, 0.5) is 4.79 Å². The van der Waals surface area contributed by atoms with Gasteiger partial charge in [-0.25, -0.2) is 4.79 Å². The van der Waals surface area contributed by atoms with Gasteiger partial charge in [0.1, 0.15) is 6.61 Å². The quantitative estimate of drug-likeness (QED) is 0.794. The Kier molecular flexibility index (Phi) is 4.75. The summed E-state index contributed by atoms with van der Waals surface area (Å²) in [4.78, 5) is 32.7. The number of benzene rings is 1. The molecule has 2 aliphatic heterocycles. The Hall–Kier alpha value is -1.88. The Morgan fingerprint density at radius 2 is 1.88 bits per heavy atom. The molecule has 2 heterocycles. The van der Waals surface area contributed by atoms with Crippen molar-refractivity contribution in [3.63, 3.8) is 0 Å². The zero-order valence-corrected chi connectivity index (χ0v) is 14.6. The molecule has 134 valence electrons. The summed E-state index contributed by atoms with van der Waals surface area (Å²) in [6.07, 6.45) is 7.49. The van der Waals surface area contributed by atoms with Crippen LogP contribution >= 0.6 is 0 Å². The van der Waals surface area contributed by atoms with Gasteiger partial charge in [0.25, 0.3) is 0 Å². The highest BCUT2D eigenvalue weighted by Gasteiger charge is 2.51. The summed E-state index contributed by atoms with van der Waals surface area (Å²) in [5.74, 6) is 0.785. The lowest BCUT2D eigenvalue weighted by molar-refractivity contribution is -0.151. The maximum atomic E-state index is 12.7. The Morgan fingerprint density at radius 3 is 2.60 bits per heavy atom. The van der Waals surface area contributed by atoms with Crippen molar-refractivity contribution >= 4 is 11.8 Å². The van der Waals surface area contributed by atoms with Crippen LogP contribution < -0.4 is 0 Å². The van der Waals surface area contributed by atoms with E-state index in [-0.39, 0.29) is 23.9 Å². The molecule has 3 fully saturated rings. The normalized spacial score (nSPS) is 26.5. The van der Waals surface area contributed by atoms with E-state index < -0.39 is 0 Å². The predicted octanol–water partition coefficient (Wildman–Crippen LogP) is 3.54. The Bertz CT molecular complexity index is 627. The standard InChI is InChI=1S/C20H26N2O3/c23-19(11-15-7-3-1-4-8-15)18-12-17-13-21(18)20(24)22(17)25-14-16-9-5-2-6-10-16/h2,5-6,9-10,15,17-18H,1,3-4,7-8,11-14H2/t17-,18+/m1/s1. The van der Waals surface area contributed by atoms with E-state index in [0.29, 0.717) is 31.9 Å². The molecule has 0 aromatic heterocycles. The largest absolute Gasteiger partial charge is 0.344 e. The Labute approximate surface area is 148 Å². The minimum atomic E-state index is -0.226. The van der Waals surface area contributed by atoms with Crippen molar-refractivity contribution in [3.8, 4) is 0 Å². The van der Waals surface area contributed by atoms with Gasteiger partial charge in [-0.15, -0.1) is 0 Å². The van der Waals surface area contributed by atoms with Crippen LogP contribution in [0.25, 0.3) is 0 Å². The summed E-state index contributed by atoms with van der Waals surface area (Å²) in [6, 6.07) is 9.48. The second-order valence-corrected chi connectivity index (χ2v) is 7.60. The molecular formula is C20H26N2O3. The molecule has 1 saturated carbocycles. The maximum Gasteiger partial charge on any atom is 0.344 e. The Balaban J connectivity index is 1.32. The number of hydrogen-bond acceptors (Lipinski definition) is 3. The van der Waals surface area contributed by atoms with Crippen LogP contribution in [0.1, 0.15) is 50.5 Å². The van der Waals surface area contributed by atoms with Gasteiger partial charge in [-0.3, -0.25) is 9.63 Å². The molecule has 1 aromatic carbocycles. The van der Waals surface area contributed by atoms with Gasteiger partial charge in [-0.1, -0.05) is 62.4 Å². The first-order valence-electron chi connectivity index (χ1n) is 9.52. The first-order valence-corrected chi connectivity index (χ1v) is 9.52. The number of hydroxylamine groups is 2. The first kappa shape index (κ1) is 16.6. The fraction of sp³-hybridized carbons (Fsp3) is 0.600. The van der Waals surface area contributed by atoms with Crippen molar-refractivity contribution in [1.29, 1.82) is 0 Å². The molecule has 5 heteroatoms. The van der Waals surface area contributed by atoms with Crippen molar-refractivity contribution in [3.05, 3.63) is 35.9 Å². The molecule has 2 atom stereocenters. The zero-order chi connectivity index (χ0) is 17.2. The third-order valence-electron chi connectivity index (χ3n) is 5.84. The summed E-state index contributed by atoms with van der Waals surface area (Å²) >= 11 is 0. The average molecular weight is 342 g/mol. The van der Waals surface area contributed by atoms with Crippen molar-refractivity contribution in [2.75, 3.05) is 6.54 Å². The topological polar surface area (TPSA) is 49.9 Å². The summed E-state index contributed by atoms with van der Waals surface area (Å²) in [5.41, 5.74) is 1.04. The molecule has 4 rings (SSSR count). The molecule has 1 aromatic rings. The first-order chi connectivity index (χ1) is 12.2. The number of fused-ring (bicyclic) bond motifs is 2. The smallest absolute Gasteiger partial charge is 0.311 e. The van der Waals surface area contributed by atoms with Crippen LogP contribution in [0.5, 0.6) is 0 Å². The minimum Gasteiger partial charge on any atom is -0.311 e. The van der Waals surface area contributed by atoms with E-state index in [4.69, 9.17) is 4.84 Å². The number of carbonyl (C=O) groups excluding carboxylic acids is 2. The molecule has 5 nitrogen and oxygen atoms in total. The van der Waals surface area contributed by atoms with E-state index in [1.807, 2.05) is 30.3 Å². The summed E-state index contributed by atoms with van der Waals surface area (Å²) in [5, 5.41) is 1.48. The number of urea groups is 1. The number of ketones is 1. The van der Waals surface area contributed by atoms with Crippen molar-refractivity contribution in [2.24, 2.45) is 5.92 Å². The van der Waals surface area contributed by atoms with E-state index in [1.165, 1.54) is 37.2 Å². The van der Waals surface area contributed by atoms with E-state index in [1.54, 1.807) is 4.90 Å². The zero-order valence-electron chi connectivity index (χ0n) is 14.6. The fourth-order valence-corrected chi connectivity index (χ4v) is 4.47. The average Bonchev–Trinajstić information content (AvgIpc) is 3.20. The lowest BCUT2D eigenvalue weighted by Gasteiger charge is -2.31. The molecule has 0 N–H and O–H groups in total. The Morgan fingerprint density at radius 1 is 1.12 bits per heavy atom. The molecule has 0 spiro atoms. The molecular weight excluding hydrogens is 316 g/mol. The number of amides is 2. The minimum absolute atomic E-state index is 0.0107. The van der Waals surface area contributed by atoms with Gasteiger partial charge in [0, 0.05) is 13.0 Å². The van der Waals surface area contributed by atoms with Crippen molar-refractivity contribution in [2.45, 2.75) is 63.6 Å². The molecule has 1 aliphatic carbocycles. The highest BCUT2D eigenvalue weighted by atomic mass is 16.7. The lowest BCUT2D eigenvalue weighted by Crippen LogP contribution is -2.48. The van der Waals surface area contributed by atoms with Crippen LogP contribution in [0.2, 0.25) is 0 Å². The van der Waals surface area contributed by atoms with E-state index in [2.05, 4.69) is 0 Å². The third kappa shape index (κ3) is 3.43. The summed E-state index contributed by atoms with van der Waals surface area (Å²) in [6.45, 7) is 1.01. The monoisotopic (exact) mass is 342 g/mol. The van der Waals surface area contributed by atoms with E-state index >= 15 is 0 Å². The molecule has 0 radical (unpaired) electrons. The highest BCUT2D eigenvalue weighted by Crippen LogP contribution is 2.35. The van der Waals surface area contributed by atoms with Crippen LogP contribution in [-0.4, -0.2) is 40.4 Å². The van der Waals surface area contributed by atoms with Crippen LogP contribution in [0.3, 0.4) is 0 Å². The van der Waals surface area contributed by atoms with E-state index in [9.17, 15) is 9.59 Å². The van der Waals surface area contributed by atoms with Gasteiger partial charge in [0.2, 0.25) is 0 Å². The van der Waals surface area contributed by atoms with Gasteiger partial charge in [-0.05, 0) is 17.9 Å². The molecule has 25 heavy (non-hydrogen) atoms. The number of Topliss-reactive ketones (excluding diaryl/α,β-unsaturated/α-hetero) is 1. The second-order valence-electron chi connectivity index (χ2n) is 7.60. The van der Waals surface area contributed by atoms with Gasteiger partial charge >= 0.3 is 6.03 Å².